The third-order valence-electron chi connectivity index (χ3n) is 7.54. The first-order valence-corrected chi connectivity index (χ1v) is 18.5. The molecule has 0 N–H and O–H groups in total. The number of sulfone groups is 1. The van der Waals surface area contributed by atoms with Gasteiger partial charge in [0.2, 0.25) is 20.0 Å². The van der Waals surface area contributed by atoms with Crippen LogP contribution in [0.5, 0.6) is 0 Å². The van der Waals surface area contributed by atoms with Crippen molar-refractivity contribution in [3.63, 3.8) is 0 Å². The van der Waals surface area contributed by atoms with Gasteiger partial charge < -0.3 is 0 Å². The van der Waals surface area contributed by atoms with E-state index < -0.39 is 53.5 Å². The summed E-state index contributed by atoms with van der Waals surface area (Å²) in [5, 5.41) is 18.9. The highest BCUT2D eigenvalue weighted by Gasteiger charge is 2.50. The van der Waals surface area contributed by atoms with E-state index in [4.69, 9.17) is 0 Å². The van der Waals surface area contributed by atoms with Crippen LogP contribution in [0.25, 0.3) is 0 Å². The van der Waals surface area contributed by atoms with Crippen LogP contribution in [0.4, 0.5) is 0 Å². The predicted octanol–water partition coefficient (Wildman–Crippen LogP) is 3.68. The Morgan fingerprint density at radius 1 is 0.600 bits per heavy atom. The van der Waals surface area contributed by atoms with Crippen molar-refractivity contribution >= 4 is 29.9 Å². The van der Waals surface area contributed by atoms with Gasteiger partial charge in [-0.2, -0.15) is 19.1 Å². The second-order valence-corrected chi connectivity index (χ2v) is 16.5. The summed E-state index contributed by atoms with van der Waals surface area (Å²) >= 11 is 0. The Kier molecular flexibility index (Phi) is 9.20. The van der Waals surface area contributed by atoms with Crippen LogP contribution in [0.1, 0.15) is 22.3 Å². The number of hydrogen-bond acceptors (Lipinski definition) is 8. The maximum Gasteiger partial charge on any atom is 0.243 e. The summed E-state index contributed by atoms with van der Waals surface area (Å²) in [6.07, 6.45) is 0. The van der Waals surface area contributed by atoms with Crippen molar-refractivity contribution in [1.82, 2.24) is 8.61 Å². The molecule has 1 saturated heterocycles. The van der Waals surface area contributed by atoms with Gasteiger partial charge in [0.1, 0.15) is 0 Å². The Balaban J connectivity index is 1.70. The first-order chi connectivity index (χ1) is 21.4. The second-order valence-electron chi connectivity index (χ2n) is 10.6. The van der Waals surface area contributed by atoms with Crippen molar-refractivity contribution in [3.8, 4) is 12.1 Å². The molecule has 0 unspecified atom stereocenters. The van der Waals surface area contributed by atoms with Gasteiger partial charge in [0.25, 0.3) is 0 Å². The summed E-state index contributed by atoms with van der Waals surface area (Å²) in [5.74, 6) is -1.25. The van der Waals surface area contributed by atoms with Crippen LogP contribution >= 0.6 is 0 Å². The molecule has 1 aliphatic rings. The van der Waals surface area contributed by atoms with E-state index in [0.29, 0.717) is 11.1 Å². The zero-order chi connectivity index (χ0) is 32.2. The molecule has 45 heavy (non-hydrogen) atoms. The monoisotopic (exact) mass is 660 g/mol. The fourth-order valence-electron chi connectivity index (χ4n) is 5.37. The van der Waals surface area contributed by atoms with E-state index in [1.165, 1.54) is 48.5 Å². The molecule has 230 valence electrons. The van der Waals surface area contributed by atoms with Gasteiger partial charge >= 0.3 is 0 Å². The first-order valence-electron chi connectivity index (χ1n) is 13.8. The summed E-state index contributed by atoms with van der Waals surface area (Å²) in [7, 11) is -12.9. The molecule has 0 saturated carbocycles. The van der Waals surface area contributed by atoms with Crippen molar-refractivity contribution in [2.45, 2.75) is 35.0 Å². The highest BCUT2D eigenvalue weighted by molar-refractivity contribution is 7.92. The molecule has 1 aliphatic heterocycles. The lowest BCUT2D eigenvalue weighted by molar-refractivity contribution is 0.219. The number of nitriles is 2. The molecular weight excluding hydrogens is 633 g/mol. The van der Waals surface area contributed by atoms with Crippen LogP contribution in [0.3, 0.4) is 0 Å². The molecule has 0 spiro atoms. The zero-order valence-corrected chi connectivity index (χ0v) is 26.3. The number of nitrogens with zero attached hydrogens (tertiary/aromatic N) is 4. The summed E-state index contributed by atoms with van der Waals surface area (Å²) in [4.78, 5) is -0.445. The molecule has 0 bridgehead atoms. The van der Waals surface area contributed by atoms with Crippen molar-refractivity contribution in [3.05, 3.63) is 131 Å². The topological polar surface area (TPSA) is 156 Å². The quantitative estimate of drug-likeness (QED) is 0.249. The summed E-state index contributed by atoms with van der Waals surface area (Å²) in [6.45, 7) is -0.500. The molecule has 13 heteroatoms. The number of hydrogen-bond donors (Lipinski definition) is 0. The predicted molar refractivity (Wildman–Crippen MR) is 167 cm³/mol. The minimum Gasteiger partial charge on any atom is -0.229 e. The molecule has 0 amide bonds. The molecule has 4 aromatic carbocycles. The third-order valence-corrected chi connectivity index (χ3v) is 13.0. The van der Waals surface area contributed by atoms with E-state index >= 15 is 0 Å². The molecule has 10 nitrogen and oxygen atoms in total. The average Bonchev–Trinajstić information content (AvgIpc) is 3.37. The lowest BCUT2D eigenvalue weighted by Crippen LogP contribution is -2.54. The average molecular weight is 661 g/mol. The molecule has 0 radical (unpaired) electrons. The number of benzene rings is 4. The van der Waals surface area contributed by atoms with E-state index in [1.807, 2.05) is 12.1 Å². The summed E-state index contributed by atoms with van der Waals surface area (Å²) < 4.78 is 86.2. The largest absolute Gasteiger partial charge is 0.243 e. The van der Waals surface area contributed by atoms with Crippen LogP contribution in [0.15, 0.2) is 119 Å². The van der Waals surface area contributed by atoms with E-state index in [-0.39, 0.29) is 34.0 Å². The second kappa shape index (κ2) is 12.9. The molecule has 0 aliphatic carbocycles. The van der Waals surface area contributed by atoms with Crippen molar-refractivity contribution in [2.24, 2.45) is 0 Å². The van der Waals surface area contributed by atoms with Gasteiger partial charge in [-0.05, 0) is 47.5 Å². The van der Waals surface area contributed by atoms with Gasteiger partial charge in [-0.15, -0.1) is 0 Å². The Bertz CT molecular complexity index is 1960. The van der Waals surface area contributed by atoms with Crippen molar-refractivity contribution in [2.75, 3.05) is 11.5 Å². The highest BCUT2D eigenvalue weighted by Crippen LogP contribution is 2.34. The fraction of sp³-hybridized carbons (Fsp3) is 0.188. The highest BCUT2D eigenvalue weighted by atomic mass is 32.2. The summed E-state index contributed by atoms with van der Waals surface area (Å²) in [6, 6.07) is 29.1. The standard InChI is InChI=1S/C32H28N4O6S3/c33-19-27-13-7-15-29(17-27)44(39,40)35(21-25-9-3-1-4-10-25)31-23-43(37,38)24-32(31)36(22-26-11-5-2-6-12-26)45(41,42)30-16-8-14-28(18-30)20-34/h1-18,31-32H,21-24H2/t31-,32-/m0/s1. The minimum atomic E-state index is -4.47. The molecular formula is C32H28N4O6S3. The number of rotatable bonds is 10. The Labute approximate surface area is 263 Å². The van der Waals surface area contributed by atoms with E-state index in [2.05, 4.69) is 0 Å². The van der Waals surface area contributed by atoms with Gasteiger partial charge in [0.15, 0.2) is 9.84 Å². The number of sulfonamides is 2. The van der Waals surface area contributed by atoms with Gasteiger partial charge in [-0.1, -0.05) is 72.8 Å². The maximum absolute atomic E-state index is 14.4. The smallest absolute Gasteiger partial charge is 0.229 e. The lowest BCUT2D eigenvalue weighted by Gasteiger charge is -2.37. The van der Waals surface area contributed by atoms with Crippen molar-refractivity contribution < 1.29 is 25.3 Å². The van der Waals surface area contributed by atoms with Crippen LogP contribution in [0.2, 0.25) is 0 Å². The normalized spacial score (nSPS) is 18.0. The lowest BCUT2D eigenvalue weighted by atomic mass is 10.1. The zero-order valence-electron chi connectivity index (χ0n) is 23.8. The maximum atomic E-state index is 14.4. The van der Waals surface area contributed by atoms with Crippen LogP contribution in [-0.2, 0) is 43.0 Å². The molecule has 1 heterocycles. The minimum absolute atomic E-state index is 0.0944. The fourth-order valence-corrected chi connectivity index (χ4v) is 10.9. The molecule has 4 aromatic rings. The van der Waals surface area contributed by atoms with E-state index in [1.54, 1.807) is 60.7 Å². The van der Waals surface area contributed by atoms with Crippen LogP contribution in [-0.4, -0.2) is 57.5 Å². The van der Waals surface area contributed by atoms with Crippen molar-refractivity contribution in [1.29, 1.82) is 10.5 Å². The van der Waals surface area contributed by atoms with Crippen LogP contribution in [0, 0.1) is 22.7 Å². The Morgan fingerprint density at radius 3 is 1.33 bits per heavy atom. The van der Waals surface area contributed by atoms with Crippen LogP contribution < -0.4 is 0 Å². The Morgan fingerprint density at radius 2 is 0.978 bits per heavy atom. The molecule has 0 aromatic heterocycles. The van der Waals surface area contributed by atoms with Gasteiger partial charge in [-0.25, -0.2) is 25.3 Å². The molecule has 1 fully saturated rings. The first kappa shape index (κ1) is 32.0. The van der Waals surface area contributed by atoms with E-state index in [9.17, 15) is 35.8 Å². The SMILES string of the molecule is N#Cc1cccc(S(=O)(=O)N(Cc2ccccc2)[C@H]2CS(=O)(=O)C[C@@H]2N(Cc2ccccc2)S(=O)(=O)c2cccc(C#N)c2)c1. The third kappa shape index (κ3) is 6.99. The Hall–Kier alpha value is -4.37. The van der Waals surface area contributed by atoms with Gasteiger partial charge in [-0.3, -0.25) is 0 Å². The van der Waals surface area contributed by atoms with Gasteiger partial charge in [0, 0.05) is 13.1 Å². The molecule has 5 rings (SSSR count). The van der Waals surface area contributed by atoms with Gasteiger partial charge in [0.05, 0.1) is 56.6 Å². The van der Waals surface area contributed by atoms with E-state index in [0.717, 1.165) is 8.61 Å². The molecule has 2 atom stereocenters. The summed E-state index contributed by atoms with van der Waals surface area (Å²) in [5.41, 5.74) is 1.30.